The molecular formula is C20H35IN4O. The lowest BCUT2D eigenvalue weighted by molar-refractivity contribution is 0.0732. The van der Waals surface area contributed by atoms with Crippen LogP contribution in [0.1, 0.15) is 36.8 Å². The number of aryl methyl sites for hydroxylation is 1. The van der Waals surface area contributed by atoms with Crippen LogP contribution in [0.5, 0.6) is 0 Å². The first-order valence-electron chi connectivity index (χ1n) is 9.20. The number of aliphatic imine (C=N–C) groups is 1. The van der Waals surface area contributed by atoms with Gasteiger partial charge in [0.1, 0.15) is 0 Å². The maximum atomic E-state index is 5.27. The molecule has 1 aliphatic carbocycles. The molecule has 0 aromatic heterocycles. The summed E-state index contributed by atoms with van der Waals surface area (Å²) in [6, 6.07) is 6.58. The Labute approximate surface area is 176 Å². The van der Waals surface area contributed by atoms with Crippen LogP contribution >= 0.6 is 24.0 Å². The summed E-state index contributed by atoms with van der Waals surface area (Å²) in [5, 5.41) is 6.96. The van der Waals surface area contributed by atoms with Gasteiger partial charge in [0, 0.05) is 53.6 Å². The van der Waals surface area contributed by atoms with E-state index in [9.17, 15) is 0 Å². The van der Waals surface area contributed by atoms with Crippen LogP contribution in [-0.2, 0) is 11.3 Å². The van der Waals surface area contributed by atoms with Gasteiger partial charge in [0.2, 0.25) is 0 Å². The third-order valence-electron chi connectivity index (χ3n) is 5.39. The topological polar surface area (TPSA) is 48.9 Å². The second-order valence-corrected chi connectivity index (χ2v) is 7.38. The summed E-state index contributed by atoms with van der Waals surface area (Å²) < 4.78 is 5.27. The number of ether oxygens (including phenoxy) is 1. The number of rotatable bonds is 8. The molecule has 1 saturated carbocycles. The predicted octanol–water partition coefficient (Wildman–Crippen LogP) is 3.55. The van der Waals surface area contributed by atoms with Crippen LogP contribution in [0.15, 0.2) is 23.2 Å². The molecule has 1 aromatic rings. The summed E-state index contributed by atoms with van der Waals surface area (Å²) in [7, 11) is 7.75. The Kier molecular flexibility index (Phi) is 9.71. The molecule has 148 valence electrons. The summed E-state index contributed by atoms with van der Waals surface area (Å²) in [4.78, 5) is 6.50. The van der Waals surface area contributed by atoms with E-state index in [4.69, 9.17) is 4.74 Å². The van der Waals surface area contributed by atoms with E-state index in [1.165, 1.54) is 36.1 Å². The van der Waals surface area contributed by atoms with Gasteiger partial charge in [0.15, 0.2) is 5.96 Å². The molecule has 2 N–H and O–H groups in total. The SMILES string of the molecule is CN=C(NCc1ccc(N(C)C)cc1C)NCC1(CCOC)CCC1.I. The molecule has 0 radical (unpaired) electrons. The number of benzene rings is 1. The molecule has 6 heteroatoms. The highest BCUT2D eigenvalue weighted by atomic mass is 127. The Balaban J connectivity index is 0.00000338. The molecule has 1 fully saturated rings. The van der Waals surface area contributed by atoms with E-state index in [0.29, 0.717) is 5.41 Å². The molecule has 1 aliphatic rings. The summed E-state index contributed by atoms with van der Waals surface area (Å²) in [6.07, 6.45) is 5.02. The van der Waals surface area contributed by atoms with Crippen molar-refractivity contribution in [2.24, 2.45) is 10.4 Å². The molecule has 0 spiro atoms. The summed E-state index contributed by atoms with van der Waals surface area (Å²) in [6.45, 7) is 4.75. The normalized spacial score (nSPS) is 15.7. The minimum Gasteiger partial charge on any atom is -0.385 e. The van der Waals surface area contributed by atoms with Crippen LogP contribution in [0.25, 0.3) is 0 Å². The van der Waals surface area contributed by atoms with Crippen molar-refractivity contribution in [3.8, 4) is 0 Å². The number of nitrogens with zero attached hydrogens (tertiary/aromatic N) is 2. The first-order chi connectivity index (χ1) is 12.0. The van der Waals surface area contributed by atoms with E-state index in [-0.39, 0.29) is 24.0 Å². The van der Waals surface area contributed by atoms with Crippen LogP contribution in [0.3, 0.4) is 0 Å². The highest BCUT2D eigenvalue weighted by molar-refractivity contribution is 14.0. The quantitative estimate of drug-likeness (QED) is 0.344. The first-order valence-corrected chi connectivity index (χ1v) is 9.20. The molecule has 0 aliphatic heterocycles. The maximum Gasteiger partial charge on any atom is 0.191 e. The van der Waals surface area contributed by atoms with E-state index < -0.39 is 0 Å². The van der Waals surface area contributed by atoms with E-state index in [0.717, 1.165) is 32.1 Å². The Morgan fingerprint density at radius 2 is 2.00 bits per heavy atom. The van der Waals surface area contributed by atoms with Gasteiger partial charge in [-0.05, 0) is 54.9 Å². The van der Waals surface area contributed by atoms with Gasteiger partial charge in [-0.15, -0.1) is 24.0 Å². The fraction of sp³-hybridized carbons (Fsp3) is 0.650. The molecule has 0 heterocycles. The van der Waals surface area contributed by atoms with Gasteiger partial charge in [-0.2, -0.15) is 0 Å². The highest BCUT2D eigenvalue weighted by Crippen LogP contribution is 2.43. The standard InChI is InChI=1S/C20H34N4O.HI/c1-16-13-18(24(3)4)8-7-17(16)14-22-19(21-2)23-15-20(9-6-10-20)11-12-25-5;/h7-8,13H,6,9-12,14-15H2,1-5H3,(H2,21,22,23);1H. The number of nitrogens with one attached hydrogen (secondary N) is 2. The van der Waals surface area contributed by atoms with Gasteiger partial charge < -0.3 is 20.3 Å². The molecule has 0 saturated heterocycles. The molecule has 26 heavy (non-hydrogen) atoms. The van der Waals surface area contributed by atoms with E-state index in [2.05, 4.69) is 59.7 Å². The molecule has 0 amide bonds. The molecular weight excluding hydrogens is 439 g/mol. The van der Waals surface area contributed by atoms with Crippen LogP contribution < -0.4 is 15.5 Å². The fourth-order valence-corrected chi connectivity index (χ4v) is 3.34. The highest BCUT2D eigenvalue weighted by Gasteiger charge is 2.36. The Morgan fingerprint density at radius 1 is 1.27 bits per heavy atom. The third-order valence-corrected chi connectivity index (χ3v) is 5.39. The Morgan fingerprint density at radius 3 is 2.50 bits per heavy atom. The molecule has 1 aromatic carbocycles. The summed E-state index contributed by atoms with van der Waals surface area (Å²) in [5.74, 6) is 0.875. The second kappa shape index (κ2) is 11.0. The number of hydrogen-bond donors (Lipinski definition) is 2. The van der Waals surface area contributed by atoms with Crippen molar-refractivity contribution in [1.82, 2.24) is 10.6 Å². The van der Waals surface area contributed by atoms with Crippen LogP contribution in [0.4, 0.5) is 5.69 Å². The maximum absolute atomic E-state index is 5.27. The van der Waals surface area contributed by atoms with Crippen LogP contribution in [0, 0.1) is 12.3 Å². The number of methoxy groups -OCH3 is 1. The number of hydrogen-bond acceptors (Lipinski definition) is 3. The summed E-state index contributed by atoms with van der Waals surface area (Å²) >= 11 is 0. The third kappa shape index (κ3) is 6.30. The lowest BCUT2D eigenvalue weighted by atomic mass is 9.67. The average Bonchev–Trinajstić information content (AvgIpc) is 2.56. The zero-order valence-electron chi connectivity index (χ0n) is 16.9. The van der Waals surface area contributed by atoms with Crippen molar-refractivity contribution in [2.45, 2.75) is 39.2 Å². The minimum absolute atomic E-state index is 0. The monoisotopic (exact) mass is 474 g/mol. The van der Waals surface area contributed by atoms with E-state index >= 15 is 0 Å². The zero-order valence-corrected chi connectivity index (χ0v) is 19.2. The molecule has 5 nitrogen and oxygen atoms in total. The van der Waals surface area contributed by atoms with Crippen LogP contribution in [0.2, 0.25) is 0 Å². The van der Waals surface area contributed by atoms with Gasteiger partial charge in [-0.1, -0.05) is 12.5 Å². The average molecular weight is 474 g/mol. The number of anilines is 1. The number of halogens is 1. The largest absolute Gasteiger partial charge is 0.385 e. The minimum atomic E-state index is 0. The van der Waals surface area contributed by atoms with Gasteiger partial charge in [0.05, 0.1) is 0 Å². The van der Waals surface area contributed by atoms with Gasteiger partial charge in [0.25, 0.3) is 0 Å². The molecule has 0 bridgehead atoms. The lowest BCUT2D eigenvalue weighted by Crippen LogP contribution is -2.46. The van der Waals surface area contributed by atoms with Crippen molar-refractivity contribution >= 4 is 35.6 Å². The first kappa shape index (κ1) is 23.0. The van der Waals surface area contributed by atoms with Crippen molar-refractivity contribution in [3.63, 3.8) is 0 Å². The van der Waals surface area contributed by atoms with E-state index in [1.54, 1.807) is 7.11 Å². The zero-order chi connectivity index (χ0) is 18.3. The lowest BCUT2D eigenvalue weighted by Gasteiger charge is -2.42. The molecule has 0 unspecified atom stereocenters. The summed E-state index contributed by atoms with van der Waals surface area (Å²) in [5.41, 5.74) is 4.21. The number of guanidine groups is 1. The van der Waals surface area contributed by atoms with E-state index in [1.807, 2.05) is 7.05 Å². The van der Waals surface area contributed by atoms with Crippen LogP contribution in [-0.4, -0.2) is 47.4 Å². The van der Waals surface area contributed by atoms with Gasteiger partial charge in [-0.3, -0.25) is 4.99 Å². The van der Waals surface area contributed by atoms with Crippen molar-refractivity contribution in [1.29, 1.82) is 0 Å². The fourth-order valence-electron chi connectivity index (χ4n) is 3.34. The Hall–Kier alpha value is -1.02. The van der Waals surface area contributed by atoms with Crippen molar-refractivity contribution in [2.75, 3.05) is 46.3 Å². The van der Waals surface area contributed by atoms with Crippen molar-refractivity contribution < 1.29 is 4.74 Å². The smallest absolute Gasteiger partial charge is 0.191 e. The molecule has 2 rings (SSSR count). The van der Waals surface area contributed by atoms with Gasteiger partial charge in [-0.25, -0.2) is 0 Å². The predicted molar refractivity (Wildman–Crippen MR) is 122 cm³/mol. The van der Waals surface area contributed by atoms with Gasteiger partial charge >= 0.3 is 0 Å². The molecule has 0 atom stereocenters. The van der Waals surface area contributed by atoms with Crippen molar-refractivity contribution in [3.05, 3.63) is 29.3 Å². The second-order valence-electron chi connectivity index (χ2n) is 7.38. The Bertz CT molecular complexity index is 585.